The minimum atomic E-state index is -1.18. The largest absolute Gasteiger partial charge is 0.476 e. The Morgan fingerprint density at radius 3 is 2.67 bits per heavy atom. The van der Waals surface area contributed by atoms with E-state index in [0.29, 0.717) is 5.56 Å². The molecule has 18 heavy (non-hydrogen) atoms. The van der Waals surface area contributed by atoms with Gasteiger partial charge in [0.1, 0.15) is 0 Å². The monoisotopic (exact) mass is 248 g/mol. The first kappa shape index (κ1) is 12.0. The predicted molar refractivity (Wildman–Crippen MR) is 60.2 cm³/mol. The van der Waals surface area contributed by atoms with Crippen molar-refractivity contribution >= 4 is 5.97 Å². The summed E-state index contributed by atoms with van der Waals surface area (Å²) >= 11 is 0. The number of aromatic carboxylic acids is 1. The van der Waals surface area contributed by atoms with E-state index in [-0.39, 0.29) is 17.3 Å². The van der Waals surface area contributed by atoms with Crippen molar-refractivity contribution in [1.82, 2.24) is 10.2 Å². The third-order valence-corrected chi connectivity index (χ3v) is 2.23. The summed E-state index contributed by atoms with van der Waals surface area (Å²) in [6.45, 7) is 1.61. The fourth-order valence-electron chi connectivity index (χ4n) is 1.30. The van der Waals surface area contributed by atoms with E-state index in [1.165, 1.54) is 18.2 Å². The highest BCUT2D eigenvalue weighted by Crippen LogP contribution is 2.24. The summed E-state index contributed by atoms with van der Waals surface area (Å²) in [5.74, 6) is -1.62. The van der Waals surface area contributed by atoms with Gasteiger partial charge in [0.15, 0.2) is 17.3 Å². The Balaban J connectivity index is 2.24. The number of carbonyl (C=O) groups is 1. The number of ether oxygens (including phenoxy) is 1. The molecule has 0 unspecified atom stereocenters. The molecular formula is C12H9FN2O3. The Morgan fingerprint density at radius 1 is 1.28 bits per heavy atom. The average molecular weight is 248 g/mol. The number of rotatable bonds is 3. The molecular weight excluding hydrogens is 239 g/mol. The maximum Gasteiger partial charge on any atom is 0.356 e. The van der Waals surface area contributed by atoms with E-state index in [1.807, 2.05) is 0 Å². The number of aromatic nitrogens is 2. The smallest absolute Gasteiger partial charge is 0.356 e. The summed E-state index contributed by atoms with van der Waals surface area (Å²) in [6, 6.07) is 7.26. The lowest BCUT2D eigenvalue weighted by atomic mass is 10.2. The summed E-state index contributed by atoms with van der Waals surface area (Å²) in [5, 5.41) is 15.6. The number of halogens is 1. The molecule has 0 saturated carbocycles. The van der Waals surface area contributed by atoms with Crippen LogP contribution < -0.4 is 4.74 Å². The zero-order valence-electron chi connectivity index (χ0n) is 9.42. The fraction of sp³-hybridized carbons (Fsp3) is 0.0833. The second-order valence-electron chi connectivity index (χ2n) is 3.55. The van der Waals surface area contributed by atoms with Crippen LogP contribution in [0.1, 0.15) is 16.1 Å². The molecule has 2 rings (SSSR count). The van der Waals surface area contributed by atoms with Gasteiger partial charge in [-0.15, -0.1) is 10.2 Å². The maximum absolute atomic E-state index is 13.6. The molecule has 92 valence electrons. The van der Waals surface area contributed by atoms with E-state index < -0.39 is 11.8 Å². The molecule has 1 aromatic heterocycles. The number of hydrogen-bond donors (Lipinski definition) is 1. The second-order valence-corrected chi connectivity index (χ2v) is 3.55. The van der Waals surface area contributed by atoms with Gasteiger partial charge in [-0.05, 0) is 24.6 Å². The normalized spacial score (nSPS) is 10.1. The molecule has 6 heteroatoms. The summed E-state index contributed by atoms with van der Waals surface area (Å²) < 4.78 is 18.8. The van der Waals surface area contributed by atoms with Crippen molar-refractivity contribution < 1.29 is 19.0 Å². The lowest BCUT2D eigenvalue weighted by Crippen LogP contribution is -2.02. The number of carboxylic acid groups (broad SMARTS) is 1. The molecule has 0 atom stereocenters. The summed E-state index contributed by atoms with van der Waals surface area (Å²) in [6.07, 6.45) is 0. The van der Waals surface area contributed by atoms with Crippen molar-refractivity contribution in [1.29, 1.82) is 0 Å². The van der Waals surface area contributed by atoms with Gasteiger partial charge in [-0.3, -0.25) is 0 Å². The highest BCUT2D eigenvalue weighted by molar-refractivity contribution is 5.84. The predicted octanol–water partition coefficient (Wildman–Crippen LogP) is 2.41. The highest BCUT2D eigenvalue weighted by atomic mass is 19.1. The van der Waals surface area contributed by atoms with Gasteiger partial charge in [0.25, 0.3) is 0 Å². The van der Waals surface area contributed by atoms with Crippen LogP contribution in [-0.2, 0) is 0 Å². The maximum atomic E-state index is 13.6. The van der Waals surface area contributed by atoms with Gasteiger partial charge in [-0.2, -0.15) is 0 Å². The molecule has 1 heterocycles. The van der Waals surface area contributed by atoms with Crippen molar-refractivity contribution in [2.24, 2.45) is 0 Å². The number of hydrogen-bond acceptors (Lipinski definition) is 4. The molecule has 0 bridgehead atoms. The fourth-order valence-corrected chi connectivity index (χ4v) is 1.30. The lowest BCUT2D eigenvalue weighted by Gasteiger charge is -2.06. The Hall–Kier alpha value is -2.50. The van der Waals surface area contributed by atoms with Crippen LogP contribution in [-0.4, -0.2) is 21.3 Å². The minimum absolute atomic E-state index is 0.0207. The summed E-state index contributed by atoms with van der Waals surface area (Å²) in [4.78, 5) is 10.6. The molecule has 2 aromatic rings. The Bertz CT molecular complexity index is 584. The lowest BCUT2D eigenvalue weighted by molar-refractivity contribution is 0.0689. The molecule has 1 N–H and O–H groups in total. The zero-order valence-corrected chi connectivity index (χ0v) is 9.42. The van der Waals surface area contributed by atoms with Crippen molar-refractivity contribution in [3.8, 4) is 11.6 Å². The van der Waals surface area contributed by atoms with E-state index in [4.69, 9.17) is 9.84 Å². The van der Waals surface area contributed by atoms with E-state index in [2.05, 4.69) is 10.2 Å². The zero-order chi connectivity index (χ0) is 13.1. The third kappa shape index (κ3) is 2.42. The Morgan fingerprint density at radius 2 is 2.06 bits per heavy atom. The van der Waals surface area contributed by atoms with Crippen LogP contribution >= 0.6 is 0 Å². The number of aryl methyl sites for hydroxylation is 1. The van der Waals surface area contributed by atoms with Crippen molar-refractivity contribution in [3.05, 3.63) is 47.4 Å². The number of nitrogens with zero attached hydrogens (tertiary/aromatic N) is 2. The highest BCUT2D eigenvalue weighted by Gasteiger charge is 2.09. The number of benzene rings is 1. The van der Waals surface area contributed by atoms with E-state index >= 15 is 0 Å². The topological polar surface area (TPSA) is 72.3 Å². The van der Waals surface area contributed by atoms with E-state index in [1.54, 1.807) is 19.1 Å². The molecule has 0 fully saturated rings. The van der Waals surface area contributed by atoms with Gasteiger partial charge < -0.3 is 9.84 Å². The SMILES string of the molecule is Cc1cccc(Oc2ccc(C(=O)O)nn2)c1F. The van der Waals surface area contributed by atoms with Gasteiger partial charge in [0.05, 0.1) is 0 Å². The summed E-state index contributed by atoms with van der Waals surface area (Å²) in [5.41, 5.74) is 0.245. The van der Waals surface area contributed by atoms with Crippen LogP contribution in [0.5, 0.6) is 11.6 Å². The quantitative estimate of drug-likeness (QED) is 0.902. The molecule has 0 radical (unpaired) electrons. The first-order valence-electron chi connectivity index (χ1n) is 5.08. The van der Waals surface area contributed by atoms with Gasteiger partial charge >= 0.3 is 5.97 Å². The third-order valence-electron chi connectivity index (χ3n) is 2.23. The van der Waals surface area contributed by atoms with Gasteiger partial charge in [-0.25, -0.2) is 9.18 Å². The molecule has 0 aliphatic carbocycles. The van der Waals surface area contributed by atoms with Crippen LogP contribution in [0.15, 0.2) is 30.3 Å². The Labute approximate surface area is 102 Å². The second kappa shape index (κ2) is 4.79. The van der Waals surface area contributed by atoms with Gasteiger partial charge in [0, 0.05) is 6.07 Å². The number of carboxylic acids is 1. The molecule has 0 saturated heterocycles. The molecule has 5 nitrogen and oxygen atoms in total. The van der Waals surface area contributed by atoms with Crippen LogP contribution in [0, 0.1) is 12.7 Å². The van der Waals surface area contributed by atoms with Crippen LogP contribution in [0.2, 0.25) is 0 Å². The standard InChI is InChI=1S/C12H9FN2O3/c1-7-3-2-4-9(11(7)13)18-10-6-5-8(12(16)17)14-15-10/h2-6H,1H3,(H,16,17). The molecule has 0 aliphatic rings. The van der Waals surface area contributed by atoms with E-state index in [9.17, 15) is 9.18 Å². The molecule has 0 aliphatic heterocycles. The van der Waals surface area contributed by atoms with Crippen LogP contribution in [0.4, 0.5) is 4.39 Å². The first-order chi connectivity index (χ1) is 8.58. The molecule has 0 spiro atoms. The van der Waals surface area contributed by atoms with E-state index in [0.717, 1.165) is 0 Å². The summed E-state index contributed by atoms with van der Waals surface area (Å²) in [7, 11) is 0. The van der Waals surface area contributed by atoms with Crippen LogP contribution in [0.3, 0.4) is 0 Å². The van der Waals surface area contributed by atoms with Crippen molar-refractivity contribution in [3.63, 3.8) is 0 Å². The van der Waals surface area contributed by atoms with Gasteiger partial charge in [0.2, 0.25) is 5.88 Å². The molecule has 0 amide bonds. The van der Waals surface area contributed by atoms with Crippen LogP contribution in [0.25, 0.3) is 0 Å². The van der Waals surface area contributed by atoms with Gasteiger partial charge in [-0.1, -0.05) is 12.1 Å². The minimum Gasteiger partial charge on any atom is -0.476 e. The van der Waals surface area contributed by atoms with Crippen molar-refractivity contribution in [2.45, 2.75) is 6.92 Å². The first-order valence-corrected chi connectivity index (χ1v) is 5.08. The van der Waals surface area contributed by atoms with Crippen molar-refractivity contribution in [2.75, 3.05) is 0 Å². The average Bonchev–Trinajstić information content (AvgIpc) is 2.36. The Kier molecular flexibility index (Phi) is 3.18. The molecule has 1 aromatic carbocycles.